The first-order valence-electron chi connectivity index (χ1n) is 6.48. The zero-order chi connectivity index (χ0) is 16.8. The van der Waals surface area contributed by atoms with Crippen molar-refractivity contribution in [3.8, 4) is 5.75 Å². The number of rotatable bonds is 5. The SMILES string of the molecule is N=C(N)SCc1ccc(C(=O)Oc2ccc([N+](=O)[O-])cc2)cc1. The lowest BCUT2D eigenvalue weighted by Crippen LogP contribution is -2.08. The van der Waals surface area contributed by atoms with Crippen LogP contribution in [0.3, 0.4) is 0 Å². The van der Waals surface area contributed by atoms with Gasteiger partial charge in [-0.1, -0.05) is 23.9 Å². The van der Waals surface area contributed by atoms with E-state index in [0.717, 1.165) is 5.56 Å². The topological polar surface area (TPSA) is 119 Å². The highest BCUT2D eigenvalue weighted by molar-refractivity contribution is 8.13. The van der Waals surface area contributed by atoms with E-state index in [9.17, 15) is 14.9 Å². The molecule has 0 unspecified atom stereocenters. The Kier molecular flexibility index (Phi) is 5.32. The van der Waals surface area contributed by atoms with Crippen LogP contribution in [0.15, 0.2) is 48.5 Å². The summed E-state index contributed by atoms with van der Waals surface area (Å²) in [6, 6.07) is 12.0. The zero-order valence-corrected chi connectivity index (χ0v) is 12.7. The van der Waals surface area contributed by atoms with E-state index in [2.05, 4.69) is 0 Å². The van der Waals surface area contributed by atoms with E-state index in [1.165, 1.54) is 36.0 Å². The normalized spacial score (nSPS) is 10.1. The minimum Gasteiger partial charge on any atom is -0.423 e. The fourth-order valence-electron chi connectivity index (χ4n) is 1.70. The minimum atomic E-state index is -0.551. The van der Waals surface area contributed by atoms with Crippen molar-refractivity contribution in [2.24, 2.45) is 5.73 Å². The third-order valence-electron chi connectivity index (χ3n) is 2.84. The molecule has 0 aliphatic carbocycles. The number of amidine groups is 1. The number of non-ortho nitro benzene ring substituents is 1. The van der Waals surface area contributed by atoms with Gasteiger partial charge < -0.3 is 10.5 Å². The highest BCUT2D eigenvalue weighted by Gasteiger charge is 2.10. The van der Waals surface area contributed by atoms with E-state index in [4.69, 9.17) is 15.9 Å². The van der Waals surface area contributed by atoms with E-state index in [1.54, 1.807) is 24.3 Å². The Morgan fingerprint density at radius 2 is 1.78 bits per heavy atom. The molecule has 0 fully saturated rings. The van der Waals surface area contributed by atoms with Crippen molar-refractivity contribution in [1.82, 2.24) is 0 Å². The molecule has 2 aromatic rings. The molecule has 2 aromatic carbocycles. The van der Waals surface area contributed by atoms with Crippen LogP contribution in [0.5, 0.6) is 5.75 Å². The van der Waals surface area contributed by atoms with Crippen molar-refractivity contribution in [3.63, 3.8) is 0 Å². The van der Waals surface area contributed by atoms with Crippen LogP contribution >= 0.6 is 11.8 Å². The molecule has 2 rings (SSSR count). The average Bonchev–Trinajstić information content (AvgIpc) is 2.54. The molecule has 0 heterocycles. The molecule has 0 saturated carbocycles. The maximum Gasteiger partial charge on any atom is 0.343 e. The number of carbonyl (C=O) groups is 1. The Labute approximate surface area is 136 Å². The van der Waals surface area contributed by atoms with E-state index in [1.807, 2.05) is 0 Å². The van der Waals surface area contributed by atoms with Gasteiger partial charge in [0.2, 0.25) is 0 Å². The molecule has 0 atom stereocenters. The van der Waals surface area contributed by atoms with Gasteiger partial charge in [-0.3, -0.25) is 15.5 Å². The summed E-state index contributed by atoms with van der Waals surface area (Å²) in [5.41, 5.74) is 6.48. The van der Waals surface area contributed by atoms with Gasteiger partial charge in [-0.2, -0.15) is 0 Å². The summed E-state index contributed by atoms with van der Waals surface area (Å²) >= 11 is 1.19. The first-order chi connectivity index (χ1) is 11.0. The molecule has 0 aromatic heterocycles. The van der Waals surface area contributed by atoms with Crippen LogP contribution < -0.4 is 10.5 Å². The Morgan fingerprint density at radius 3 is 2.30 bits per heavy atom. The molecule has 0 spiro atoms. The summed E-state index contributed by atoms with van der Waals surface area (Å²) in [7, 11) is 0. The predicted molar refractivity (Wildman–Crippen MR) is 87.7 cm³/mol. The number of nitrogens with two attached hydrogens (primary N) is 1. The fraction of sp³-hybridized carbons (Fsp3) is 0.0667. The lowest BCUT2D eigenvalue weighted by molar-refractivity contribution is -0.384. The molecular formula is C15H13N3O4S. The number of hydrogen-bond donors (Lipinski definition) is 2. The zero-order valence-electron chi connectivity index (χ0n) is 11.9. The molecule has 3 N–H and O–H groups in total. The van der Waals surface area contributed by atoms with Crippen molar-refractivity contribution >= 4 is 28.6 Å². The quantitative estimate of drug-likeness (QED) is 0.217. The number of ether oxygens (including phenoxy) is 1. The number of esters is 1. The number of benzene rings is 2. The van der Waals surface area contributed by atoms with Gasteiger partial charge in [0.05, 0.1) is 10.5 Å². The summed E-state index contributed by atoms with van der Waals surface area (Å²) in [5, 5.41) is 17.7. The van der Waals surface area contributed by atoms with Crippen molar-refractivity contribution in [2.45, 2.75) is 5.75 Å². The molecule has 0 bridgehead atoms. The van der Waals surface area contributed by atoms with Crippen LogP contribution in [0.4, 0.5) is 5.69 Å². The largest absolute Gasteiger partial charge is 0.423 e. The summed E-state index contributed by atoms with van der Waals surface area (Å²) in [6.07, 6.45) is 0. The predicted octanol–water partition coefficient (Wildman–Crippen LogP) is 2.94. The van der Waals surface area contributed by atoms with Crippen molar-refractivity contribution in [3.05, 3.63) is 69.8 Å². The van der Waals surface area contributed by atoms with Gasteiger partial charge in [0, 0.05) is 17.9 Å². The van der Waals surface area contributed by atoms with Gasteiger partial charge in [-0.25, -0.2) is 4.79 Å². The van der Waals surface area contributed by atoms with Gasteiger partial charge in [0.15, 0.2) is 5.17 Å². The highest BCUT2D eigenvalue weighted by atomic mass is 32.2. The average molecular weight is 331 g/mol. The maximum atomic E-state index is 12.0. The van der Waals surface area contributed by atoms with Crippen molar-refractivity contribution < 1.29 is 14.5 Å². The minimum absolute atomic E-state index is 0.0339. The molecule has 0 amide bonds. The van der Waals surface area contributed by atoms with E-state index in [-0.39, 0.29) is 16.6 Å². The standard InChI is InChI=1S/C15H13N3O4S/c16-15(17)23-9-10-1-3-11(4-2-10)14(19)22-13-7-5-12(6-8-13)18(20)21/h1-8H,9H2,(H3,16,17). The molecule has 23 heavy (non-hydrogen) atoms. The molecule has 0 saturated heterocycles. The monoisotopic (exact) mass is 331 g/mol. The third-order valence-corrected chi connectivity index (χ3v) is 3.63. The first-order valence-corrected chi connectivity index (χ1v) is 7.46. The number of nitro benzene ring substituents is 1. The van der Waals surface area contributed by atoms with Crippen LogP contribution in [0.2, 0.25) is 0 Å². The van der Waals surface area contributed by atoms with Gasteiger partial charge in [0.25, 0.3) is 5.69 Å². The molecule has 0 aliphatic heterocycles. The number of nitrogens with zero attached hydrogens (tertiary/aromatic N) is 1. The molecule has 8 heteroatoms. The highest BCUT2D eigenvalue weighted by Crippen LogP contribution is 2.19. The van der Waals surface area contributed by atoms with Gasteiger partial charge in [-0.15, -0.1) is 0 Å². The van der Waals surface area contributed by atoms with Crippen LogP contribution in [-0.4, -0.2) is 16.1 Å². The van der Waals surface area contributed by atoms with Crippen LogP contribution in [0.25, 0.3) is 0 Å². The lowest BCUT2D eigenvalue weighted by atomic mass is 10.1. The molecule has 0 aliphatic rings. The van der Waals surface area contributed by atoms with Crippen molar-refractivity contribution in [2.75, 3.05) is 0 Å². The Hall–Kier alpha value is -2.87. The number of carbonyl (C=O) groups excluding carboxylic acids is 1. The van der Waals surface area contributed by atoms with Crippen molar-refractivity contribution in [1.29, 1.82) is 5.41 Å². The van der Waals surface area contributed by atoms with Crippen LogP contribution in [0.1, 0.15) is 15.9 Å². The number of nitrogens with one attached hydrogen (secondary N) is 1. The number of hydrogen-bond acceptors (Lipinski definition) is 6. The number of thioether (sulfide) groups is 1. The lowest BCUT2D eigenvalue weighted by Gasteiger charge is -2.05. The van der Waals surface area contributed by atoms with Gasteiger partial charge in [0.1, 0.15) is 5.75 Å². The summed E-state index contributed by atoms with van der Waals surface area (Å²) in [6.45, 7) is 0. The van der Waals surface area contributed by atoms with E-state index < -0.39 is 10.9 Å². The fourth-order valence-corrected chi connectivity index (χ4v) is 2.21. The van der Waals surface area contributed by atoms with Crippen LogP contribution in [-0.2, 0) is 5.75 Å². The third kappa shape index (κ3) is 4.82. The Bertz CT molecular complexity index is 729. The first kappa shape index (κ1) is 16.5. The second-order valence-electron chi connectivity index (χ2n) is 4.49. The summed E-state index contributed by atoms with van der Waals surface area (Å²) in [5.74, 6) is 0.231. The second kappa shape index (κ2) is 7.41. The van der Waals surface area contributed by atoms with Gasteiger partial charge in [-0.05, 0) is 29.8 Å². The molecule has 118 valence electrons. The maximum absolute atomic E-state index is 12.0. The molecular weight excluding hydrogens is 318 g/mol. The second-order valence-corrected chi connectivity index (χ2v) is 5.51. The van der Waals surface area contributed by atoms with Crippen LogP contribution in [0, 0.1) is 15.5 Å². The Balaban J connectivity index is 2.00. The number of nitro groups is 1. The summed E-state index contributed by atoms with van der Waals surface area (Å²) < 4.78 is 5.15. The molecule has 0 radical (unpaired) electrons. The van der Waals surface area contributed by atoms with Gasteiger partial charge >= 0.3 is 5.97 Å². The smallest absolute Gasteiger partial charge is 0.343 e. The van der Waals surface area contributed by atoms with E-state index >= 15 is 0 Å². The summed E-state index contributed by atoms with van der Waals surface area (Å²) in [4.78, 5) is 22.0. The Morgan fingerprint density at radius 1 is 1.17 bits per heavy atom. The molecule has 7 nitrogen and oxygen atoms in total. The van der Waals surface area contributed by atoms with E-state index in [0.29, 0.717) is 11.3 Å².